The molecule has 0 atom stereocenters. The lowest BCUT2D eigenvalue weighted by atomic mass is 9.81. The largest absolute Gasteiger partial charge is 0.490 e. The van der Waals surface area contributed by atoms with Crippen LogP contribution in [0, 0.1) is 11.7 Å². The van der Waals surface area contributed by atoms with Crippen molar-refractivity contribution in [2.75, 3.05) is 46.4 Å². The third kappa shape index (κ3) is 6.67. The molecule has 2 saturated heterocycles. The highest BCUT2D eigenvalue weighted by Crippen LogP contribution is 2.36. The SMILES string of the molecule is CN1CCC(NNCCCCCN2CCC(=O)NC2=O)(c2ccc(F)c(OCC3CC3)c2)CC1. The molecule has 188 valence electrons. The molecular weight excluding hydrogens is 437 g/mol. The predicted octanol–water partition coefficient (Wildman–Crippen LogP) is 2.74. The molecule has 2 aliphatic heterocycles. The van der Waals surface area contributed by atoms with Crippen molar-refractivity contribution in [3.8, 4) is 5.75 Å². The summed E-state index contributed by atoms with van der Waals surface area (Å²) in [7, 11) is 2.13. The van der Waals surface area contributed by atoms with Gasteiger partial charge in [-0.05, 0) is 82.3 Å². The Morgan fingerprint density at radius 3 is 2.68 bits per heavy atom. The van der Waals surface area contributed by atoms with Crippen LogP contribution in [0.3, 0.4) is 0 Å². The molecule has 1 saturated carbocycles. The van der Waals surface area contributed by atoms with Gasteiger partial charge in [0.05, 0.1) is 12.1 Å². The summed E-state index contributed by atoms with van der Waals surface area (Å²) in [6.07, 6.45) is 7.43. The second kappa shape index (κ2) is 11.5. The smallest absolute Gasteiger partial charge is 0.324 e. The van der Waals surface area contributed by atoms with E-state index in [0.29, 0.717) is 37.8 Å². The molecule has 0 aromatic heterocycles. The highest BCUT2D eigenvalue weighted by atomic mass is 19.1. The van der Waals surface area contributed by atoms with Gasteiger partial charge in [-0.3, -0.25) is 15.5 Å². The minimum absolute atomic E-state index is 0.192. The molecule has 1 aliphatic carbocycles. The third-order valence-electron chi connectivity index (χ3n) is 7.20. The normalized spacial score (nSPS) is 20.9. The van der Waals surface area contributed by atoms with Crippen molar-refractivity contribution < 1.29 is 18.7 Å². The average molecular weight is 476 g/mol. The average Bonchev–Trinajstić information content (AvgIpc) is 3.65. The Morgan fingerprint density at radius 2 is 1.94 bits per heavy atom. The molecule has 3 fully saturated rings. The number of hydrogen-bond donors (Lipinski definition) is 3. The number of imide groups is 1. The first-order chi connectivity index (χ1) is 16.4. The van der Waals surface area contributed by atoms with Crippen LogP contribution < -0.4 is 20.9 Å². The summed E-state index contributed by atoms with van der Waals surface area (Å²) in [6, 6.07) is 5.02. The van der Waals surface area contributed by atoms with E-state index in [0.717, 1.165) is 57.3 Å². The number of hydrogen-bond acceptors (Lipinski definition) is 6. The zero-order chi connectivity index (χ0) is 24.0. The van der Waals surface area contributed by atoms with Crippen molar-refractivity contribution in [1.29, 1.82) is 0 Å². The number of ether oxygens (including phenoxy) is 1. The van der Waals surface area contributed by atoms with E-state index in [1.807, 2.05) is 12.1 Å². The van der Waals surface area contributed by atoms with Crippen molar-refractivity contribution in [3.05, 3.63) is 29.6 Å². The first-order valence-corrected chi connectivity index (χ1v) is 12.7. The Bertz CT molecular complexity index is 855. The third-order valence-corrected chi connectivity index (χ3v) is 7.20. The van der Waals surface area contributed by atoms with Crippen LogP contribution in [0.2, 0.25) is 0 Å². The number of urea groups is 1. The van der Waals surface area contributed by atoms with E-state index in [2.05, 4.69) is 28.1 Å². The Kier molecular flexibility index (Phi) is 8.39. The molecule has 0 radical (unpaired) electrons. The van der Waals surface area contributed by atoms with Crippen molar-refractivity contribution >= 4 is 11.9 Å². The standard InChI is InChI=1S/C25H38FN5O3/c1-30-15-10-25(11-16-30,20-7-8-21(26)22(17-20)34-18-19-5-6-19)29-27-12-3-2-4-13-31-14-9-23(32)28-24(31)33/h7-8,17,19,27,29H,2-6,9-16,18H2,1H3,(H,28,32,33). The molecule has 8 nitrogen and oxygen atoms in total. The van der Waals surface area contributed by atoms with E-state index in [4.69, 9.17) is 4.74 Å². The lowest BCUT2D eigenvalue weighted by Crippen LogP contribution is -2.55. The number of nitrogens with zero attached hydrogens (tertiary/aromatic N) is 2. The summed E-state index contributed by atoms with van der Waals surface area (Å²) in [4.78, 5) is 27.1. The number of piperidine rings is 1. The maximum absolute atomic E-state index is 14.4. The number of benzene rings is 1. The Labute approximate surface area is 201 Å². The fourth-order valence-corrected chi connectivity index (χ4v) is 4.63. The van der Waals surface area contributed by atoms with Gasteiger partial charge in [0, 0.05) is 26.1 Å². The number of rotatable bonds is 12. The van der Waals surface area contributed by atoms with Crippen molar-refractivity contribution in [2.45, 2.75) is 56.9 Å². The van der Waals surface area contributed by atoms with Crippen LogP contribution in [-0.4, -0.2) is 68.1 Å². The van der Waals surface area contributed by atoms with E-state index < -0.39 is 0 Å². The Morgan fingerprint density at radius 1 is 1.15 bits per heavy atom. The minimum Gasteiger partial charge on any atom is -0.490 e. The molecule has 9 heteroatoms. The second-order valence-corrected chi connectivity index (χ2v) is 9.99. The van der Waals surface area contributed by atoms with Crippen molar-refractivity contribution in [2.24, 2.45) is 5.92 Å². The summed E-state index contributed by atoms with van der Waals surface area (Å²) in [5.74, 6) is 0.439. The maximum atomic E-state index is 14.4. The van der Waals surface area contributed by atoms with Crippen LogP contribution in [0.1, 0.15) is 56.9 Å². The van der Waals surface area contributed by atoms with Crippen molar-refractivity contribution in [1.82, 2.24) is 26.0 Å². The molecular formula is C25H38FN5O3. The molecule has 2 heterocycles. The van der Waals surface area contributed by atoms with Crippen LogP contribution in [-0.2, 0) is 10.3 Å². The van der Waals surface area contributed by atoms with Gasteiger partial charge >= 0.3 is 6.03 Å². The number of unbranched alkanes of at least 4 members (excludes halogenated alkanes) is 2. The first kappa shape index (κ1) is 24.9. The lowest BCUT2D eigenvalue weighted by Gasteiger charge is -2.42. The molecule has 0 bridgehead atoms. The summed E-state index contributed by atoms with van der Waals surface area (Å²) < 4.78 is 20.2. The van der Waals surface area contributed by atoms with Gasteiger partial charge in [-0.2, -0.15) is 0 Å². The number of carbonyl (C=O) groups is 2. The summed E-state index contributed by atoms with van der Waals surface area (Å²) >= 11 is 0. The molecule has 3 N–H and O–H groups in total. The van der Waals surface area contributed by atoms with Gasteiger partial charge < -0.3 is 14.5 Å². The highest BCUT2D eigenvalue weighted by Gasteiger charge is 2.36. The topological polar surface area (TPSA) is 85.9 Å². The number of likely N-dealkylation sites (tertiary alicyclic amines) is 1. The molecule has 34 heavy (non-hydrogen) atoms. The summed E-state index contributed by atoms with van der Waals surface area (Å²) in [5, 5.41) is 2.36. The van der Waals surface area contributed by atoms with Crippen LogP contribution >= 0.6 is 0 Å². The van der Waals surface area contributed by atoms with Gasteiger partial charge in [0.2, 0.25) is 5.91 Å². The van der Waals surface area contributed by atoms with E-state index in [1.54, 1.807) is 4.90 Å². The molecule has 1 aromatic rings. The number of halogens is 1. The van der Waals surface area contributed by atoms with E-state index in [1.165, 1.54) is 18.9 Å². The van der Waals surface area contributed by atoms with E-state index in [9.17, 15) is 14.0 Å². The fourth-order valence-electron chi connectivity index (χ4n) is 4.63. The zero-order valence-electron chi connectivity index (χ0n) is 20.2. The van der Waals surface area contributed by atoms with Crippen LogP contribution in [0.25, 0.3) is 0 Å². The maximum Gasteiger partial charge on any atom is 0.324 e. The van der Waals surface area contributed by atoms with E-state index >= 15 is 0 Å². The molecule has 0 unspecified atom stereocenters. The van der Waals surface area contributed by atoms with E-state index in [-0.39, 0.29) is 23.3 Å². The number of amides is 3. The van der Waals surface area contributed by atoms with Crippen molar-refractivity contribution in [3.63, 3.8) is 0 Å². The van der Waals surface area contributed by atoms with Gasteiger partial charge in [0.1, 0.15) is 0 Å². The minimum atomic E-state index is -0.299. The predicted molar refractivity (Wildman–Crippen MR) is 128 cm³/mol. The number of hydrazine groups is 1. The molecule has 3 aliphatic rings. The Hall–Kier alpha value is -2.23. The van der Waals surface area contributed by atoms with Gasteiger partial charge in [-0.15, -0.1) is 0 Å². The molecule has 4 rings (SSSR count). The van der Waals surface area contributed by atoms with Crippen LogP contribution in [0.5, 0.6) is 5.75 Å². The van der Waals surface area contributed by atoms with Gasteiger partial charge in [-0.25, -0.2) is 14.6 Å². The lowest BCUT2D eigenvalue weighted by molar-refractivity contribution is -0.121. The first-order valence-electron chi connectivity index (χ1n) is 12.7. The summed E-state index contributed by atoms with van der Waals surface area (Å²) in [6.45, 7) is 4.49. The summed E-state index contributed by atoms with van der Waals surface area (Å²) in [5.41, 5.74) is 7.79. The molecule has 1 aromatic carbocycles. The second-order valence-electron chi connectivity index (χ2n) is 9.99. The number of carbonyl (C=O) groups excluding carboxylic acids is 2. The Balaban J connectivity index is 1.26. The zero-order valence-corrected chi connectivity index (χ0v) is 20.2. The van der Waals surface area contributed by atoms with Crippen LogP contribution in [0.4, 0.5) is 9.18 Å². The fraction of sp³-hybridized carbons (Fsp3) is 0.680. The van der Waals surface area contributed by atoms with Gasteiger partial charge in [0.15, 0.2) is 11.6 Å². The van der Waals surface area contributed by atoms with Gasteiger partial charge in [0.25, 0.3) is 0 Å². The van der Waals surface area contributed by atoms with Crippen LogP contribution in [0.15, 0.2) is 18.2 Å². The molecule has 3 amide bonds. The monoisotopic (exact) mass is 475 g/mol. The number of nitrogens with one attached hydrogen (secondary N) is 3. The van der Waals surface area contributed by atoms with Gasteiger partial charge in [-0.1, -0.05) is 12.5 Å². The highest BCUT2D eigenvalue weighted by molar-refractivity contribution is 5.96. The molecule has 0 spiro atoms. The quantitative estimate of drug-likeness (QED) is 0.318.